The van der Waals surface area contributed by atoms with Gasteiger partial charge in [-0.15, -0.1) is 0 Å². The second-order valence-corrected chi connectivity index (χ2v) is 5.34. The third-order valence-electron chi connectivity index (χ3n) is 4.40. The number of benzene rings is 1. The zero-order chi connectivity index (χ0) is 10.1. The van der Waals surface area contributed by atoms with Gasteiger partial charge in [0.2, 0.25) is 0 Å². The van der Waals surface area contributed by atoms with E-state index in [-0.39, 0.29) is 0 Å². The molecule has 0 N–H and O–H groups in total. The molecule has 0 nitrogen and oxygen atoms in total. The van der Waals surface area contributed by atoms with E-state index in [0.717, 1.165) is 11.8 Å². The molecule has 0 spiro atoms. The third kappa shape index (κ3) is 1.82. The first kappa shape index (κ1) is 9.45. The highest BCUT2D eigenvalue weighted by molar-refractivity contribution is 5.30. The van der Waals surface area contributed by atoms with Crippen molar-refractivity contribution >= 4 is 0 Å². The maximum absolute atomic E-state index is 2.34. The van der Waals surface area contributed by atoms with Crippen LogP contribution in [0.1, 0.15) is 43.2 Å². The Labute approximate surface area is 92.7 Å². The molecular weight excluding hydrogens is 180 g/mol. The standard InChI is InChI=1S/C15H20/c1-2-6-12-10-14-8-4-5-9-15(14)11-13(12)7-3-1/h4-5,8-9,12-13H,1-3,6-7,10-11H2/t12-,13-/m1/s1. The van der Waals surface area contributed by atoms with Gasteiger partial charge >= 0.3 is 0 Å². The van der Waals surface area contributed by atoms with Crippen molar-refractivity contribution in [1.82, 2.24) is 0 Å². The zero-order valence-corrected chi connectivity index (χ0v) is 9.41. The van der Waals surface area contributed by atoms with Gasteiger partial charge in [-0.25, -0.2) is 0 Å². The van der Waals surface area contributed by atoms with Crippen LogP contribution in [-0.2, 0) is 12.8 Å². The van der Waals surface area contributed by atoms with Crippen LogP contribution in [-0.4, -0.2) is 0 Å². The topological polar surface area (TPSA) is 0 Å². The van der Waals surface area contributed by atoms with E-state index in [1.807, 2.05) is 0 Å². The summed E-state index contributed by atoms with van der Waals surface area (Å²) in [4.78, 5) is 0. The molecule has 0 bridgehead atoms. The lowest BCUT2D eigenvalue weighted by molar-refractivity contribution is 0.291. The summed E-state index contributed by atoms with van der Waals surface area (Å²) in [6.07, 6.45) is 10.1. The van der Waals surface area contributed by atoms with Crippen LogP contribution in [0.5, 0.6) is 0 Å². The fourth-order valence-corrected chi connectivity index (χ4v) is 3.52. The molecular formula is C15H20. The smallest absolute Gasteiger partial charge is 0.0245 e. The van der Waals surface area contributed by atoms with Gasteiger partial charge in [-0.2, -0.15) is 0 Å². The molecule has 1 aromatic rings. The molecule has 1 aromatic carbocycles. The van der Waals surface area contributed by atoms with Crippen molar-refractivity contribution in [1.29, 1.82) is 0 Å². The molecule has 0 saturated heterocycles. The average Bonchev–Trinajstić information content (AvgIpc) is 2.50. The Morgan fingerprint density at radius 2 is 1.27 bits per heavy atom. The fourth-order valence-electron chi connectivity index (χ4n) is 3.52. The molecule has 0 aromatic heterocycles. The Bertz CT molecular complexity index is 307. The van der Waals surface area contributed by atoms with Gasteiger partial charge < -0.3 is 0 Å². The van der Waals surface area contributed by atoms with Crippen molar-refractivity contribution < 1.29 is 0 Å². The Morgan fingerprint density at radius 1 is 0.733 bits per heavy atom. The number of hydrogen-bond acceptors (Lipinski definition) is 0. The van der Waals surface area contributed by atoms with Crippen molar-refractivity contribution in [3.63, 3.8) is 0 Å². The van der Waals surface area contributed by atoms with Crippen molar-refractivity contribution in [2.45, 2.75) is 44.9 Å². The van der Waals surface area contributed by atoms with Gasteiger partial charge in [-0.1, -0.05) is 43.5 Å². The van der Waals surface area contributed by atoms with Crippen molar-refractivity contribution in [3.05, 3.63) is 35.4 Å². The van der Waals surface area contributed by atoms with E-state index in [0.29, 0.717) is 0 Å². The summed E-state index contributed by atoms with van der Waals surface area (Å²) in [6.45, 7) is 0. The van der Waals surface area contributed by atoms with Crippen molar-refractivity contribution in [2.75, 3.05) is 0 Å². The van der Waals surface area contributed by atoms with Gasteiger partial charge in [-0.3, -0.25) is 0 Å². The van der Waals surface area contributed by atoms with E-state index in [1.165, 1.54) is 44.9 Å². The summed E-state index contributed by atoms with van der Waals surface area (Å²) in [7, 11) is 0. The molecule has 3 rings (SSSR count). The summed E-state index contributed by atoms with van der Waals surface area (Å²) in [6, 6.07) is 9.10. The lowest BCUT2D eigenvalue weighted by Gasteiger charge is -2.31. The molecule has 0 heterocycles. The van der Waals surface area contributed by atoms with Gasteiger partial charge in [0.1, 0.15) is 0 Å². The normalized spacial score (nSPS) is 30.1. The second-order valence-electron chi connectivity index (χ2n) is 5.34. The largest absolute Gasteiger partial charge is 0.0620 e. The van der Waals surface area contributed by atoms with Crippen molar-refractivity contribution in [2.24, 2.45) is 11.8 Å². The summed E-state index contributed by atoms with van der Waals surface area (Å²) in [5, 5.41) is 0. The first-order valence-corrected chi connectivity index (χ1v) is 6.50. The maximum atomic E-state index is 2.34. The molecule has 0 aliphatic heterocycles. The Kier molecular flexibility index (Phi) is 2.52. The molecule has 1 saturated carbocycles. The van der Waals surface area contributed by atoms with E-state index in [1.54, 1.807) is 11.1 Å². The highest BCUT2D eigenvalue weighted by Gasteiger charge is 2.28. The van der Waals surface area contributed by atoms with Crippen LogP contribution < -0.4 is 0 Å². The first-order chi connectivity index (χ1) is 7.43. The van der Waals surface area contributed by atoms with Gasteiger partial charge in [0.05, 0.1) is 0 Å². The van der Waals surface area contributed by atoms with E-state index >= 15 is 0 Å². The Hall–Kier alpha value is -0.780. The molecule has 0 radical (unpaired) electrons. The third-order valence-corrected chi connectivity index (χ3v) is 4.40. The lowest BCUT2D eigenvalue weighted by Crippen LogP contribution is -2.24. The molecule has 0 heteroatoms. The average molecular weight is 200 g/mol. The SMILES string of the molecule is c1ccc2c(c1)C[C@H]1CCCCC[C@@H]1C2. The van der Waals surface area contributed by atoms with E-state index in [4.69, 9.17) is 0 Å². The van der Waals surface area contributed by atoms with Gasteiger partial charge in [0, 0.05) is 0 Å². The van der Waals surface area contributed by atoms with Crippen molar-refractivity contribution in [3.8, 4) is 0 Å². The summed E-state index contributed by atoms with van der Waals surface area (Å²) >= 11 is 0. The van der Waals surface area contributed by atoms with E-state index in [2.05, 4.69) is 24.3 Å². The molecule has 2 aliphatic carbocycles. The quantitative estimate of drug-likeness (QED) is 0.594. The predicted octanol–water partition coefficient (Wildman–Crippen LogP) is 3.98. The Balaban J connectivity index is 1.87. The van der Waals surface area contributed by atoms with Crippen LogP contribution in [0.4, 0.5) is 0 Å². The van der Waals surface area contributed by atoms with Crippen LogP contribution in [0.3, 0.4) is 0 Å². The predicted molar refractivity (Wildman–Crippen MR) is 63.9 cm³/mol. The summed E-state index contributed by atoms with van der Waals surface area (Å²) in [5.41, 5.74) is 3.28. The molecule has 1 fully saturated rings. The number of hydrogen-bond donors (Lipinski definition) is 0. The molecule has 2 aliphatic rings. The van der Waals surface area contributed by atoms with Crippen LogP contribution in [0.15, 0.2) is 24.3 Å². The second kappa shape index (κ2) is 4.00. The highest BCUT2D eigenvalue weighted by Crippen LogP contribution is 2.38. The minimum atomic E-state index is 1.00. The highest BCUT2D eigenvalue weighted by atomic mass is 14.3. The van der Waals surface area contributed by atoms with E-state index < -0.39 is 0 Å². The molecule has 0 amide bonds. The lowest BCUT2D eigenvalue weighted by atomic mass is 9.74. The molecule has 15 heavy (non-hydrogen) atoms. The summed E-state index contributed by atoms with van der Waals surface area (Å²) < 4.78 is 0. The monoisotopic (exact) mass is 200 g/mol. The van der Waals surface area contributed by atoms with Gasteiger partial charge in [0.25, 0.3) is 0 Å². The molecule has 2 atom stereocenters. The van der Waals surface area contributed by atoms with Gasteiger partial charge in [0.15, 0.2) is 0 Å². The first-order valence-electron chi connectivity index (χ1n) is 6.50. The summed E-state index contributed by atoms with van der Waals surface area (Å²) in [5.74, 6) is 2.00. The van der Waals surface area contributed by atoms with Crippen LogP contribution in [0.25, 0.3) is 0 Å². The van der Waals surface area contributed by atoms with E-state index in [9.17, 15) is 0 Å². The zero-order valence-electron chi connectivity index (χ0n) is 9.41. The minimum absolute atomic E-state index is 1.00. The molecule has 80 valence electrons. The van der Waals surface area contributed by atoms with Crippen LogP contribution in [0, 0.1) is 11.8 Å². The molecule has 0 unspecified atom stereocenters. The number of rotatable bonds is 0. The number of fused-ring (bicyclic) bond motifs is 2. The van der Waals surface area contributed by atoms with Crippen LogP contribution >= 0.6 is 0 Å². The fraction of sp³-hybridized carbons (Fsp3) is 0.600. The minimum Gasteiger partial charge on any atom is -0.0620 e. The van der Waals surface area contributed by atoms with Gasteiger partial charge in [-0.05, 0) is 48.6 Å². The maximum Gasteiger partial charge on any atom is -0.0245 e. The van der Waals surface area contributed by atoms with Crippen LogP contribution in [0.2, 0.25) is 0 Å². The Morgan fingerprint density at radius 3 is 1.80 bits per heavy atom.